The molecular formula is C29H33FN4O3. The molecule has 8 heteroatoms. The van der Waals surface area contributed by atoms with Crippen LogP contribution >= 0.6 is 0 Å². The van der Waals surface area contributed by atoms with Crippen LogP contribution in [-0.2, 0) is 6.42 Å². The number of hydrazine groups is 1. The molecule has 2 aromatic carbocycles. The molecule has 2 aliphatic rings. The molecule has 7 nitrogen and oxygen atoms in total. The van der Waals surface area contributed by atoms with Gasteiger partial charge in [-0.05, 0) is 74.9 Å². The summed E-state index contributed by atoms with van der Waals surface area (Å²) in [6, 6.07) is 15.6. The van der Waals surface area contributed by atoms with Gasteiger partial charge in [-0.3, -0.25) is 4.79 Å². The minimum atomic E-state index is -1.05. The predicted octanol–water partition coefficient (Wildman–Crippen LogP) is 4.67. The number of nitrogens with zero attached hydrogens (tertiary/aromatic N) is 1. The highest BCUT2D eigenvalue weighted by molar-refractivity contribution is 5.95. The van der Waals surface area contributed by atoms with Crippen molar-refractivity contribution in [1.29, 1.82) is 0 Å². The molecule has 37 heavy (non-hydrogen) atoms. The third kappa shape index (κ3) is 5.76. The number of amides is 1. The zero-order valence-corrected chi connectivity index (χ0v) is 21.1. The third-order valence-electron chi connectivity index (χ3n) is 7.06. The van der Waals surface area contributed by atoms with Crippen molar-refractivity contribution in [3.63, 3.8) is 0 Å². The van der Waals surface area contributed by atoms with E-state index in [0.29, 0.717) is 29.8 Å². The second-order valence-electron chi connectivity index (χ2n) is 10.4. The predicted molar refractivity (Wildman–Crippen MR) is 140 cm³/mol. The van der Waals surface area contributed by atoms with E-state index in [1.54, 1.807) is 30.5 Å². The number of aliphatic hydroxyl groups is 1. The highest BCUT2D eigenvalue weighted by Gasteiger charge is 2.36. The van der Waals surface area contributed by atoms with E-state index >= 15 is 0 Å². The monoisotopic (exact) mass is 504 g/mol. The largest absolute Gasteiger partial charge is 0.475 e. The molecule has 0 spiro atoms. The molecule has 1 unspecified atom stereocenters. The van der Waals surface area contributed by atoms with Gasteiger partial charge < -0.3 is 20.6 Å². The molecule has 1 amide bonds. The fourth-order valence-corrected chi connectivity index (χ4v) is 5.31. The van der Waals surface area contributed by atoms with Gasteiger partial charge in [-0.2, -0.15) is 0 Å². The first-order valence-electron chi connectivity index (χ1n) is 12.8. The Bertz CT molecular complexity index is 1270. The van der Waals surface area contributed by atoms with Gasteiger partial charge in [-0.1, -0.05) is 24.3 Å². The molecule has 0 bridgehead atoms. The molecule has 1 saturated carbocycles. The van der Waals surface area contributed by atoms with Crippen LogP contribution in [0.15, 0.2) is 60.8 Å². The van der Waals surface area contributed by atoms with Gasteiger partial charge in [-0.15, -0.1) is 0 Å². The van der Waals surface area contributed by atoms with Gasteiger partial charge in [0.15, 0.2) is 0 Å². The second kappa shape index (κ2) is 10.5. The van der Waals surface area contributed by atoms with Crippen molar-refractivity contribution >= 4 is 11.6 Å². The topological polar surface area (TPSA) is 95.5 Å². The van der Waals surface area contributed by atoms with Gasteiger partial charge in [0.2, 0.25) is 5.88 Å². The van der Waals surface area contributed by atoms with Crippen molar-refractivity contribution in [2.45, 2.75) is 69.7 Å². The molecule has 2 heterocycles. The van der Waals surface area contributed by atoms with Crippen LogP contribution < -0.4 is 20.9 Å². The molecule has 3 aromatic rings. The van der Waals surface area contributed by atoms with Crippen LogP contribution in [0, 0.1) is 5.82 Å². The second-order valence-corrected chi connectivity index (χ2v) is 10.4. The van der Waals surface area contributed by atoms with Gasteiger partial charge in [0.05, 0.1) is 23.4 Å². The van der Waals surface area contributed by atoms with Crippen molar-refractivity contribution < 1.29 is 19.0 Å². The van der Waals surface area contributed by atoms with E-state index in [0.717, 1.165) is 29.7 Å². The van der Waals surface area contributed by atoms with Crippen LogP contribution in [-0.4, -0.2) is 33.7 Å². The first kappa shape index (κ1) is 25.2. The van der Waals surface area contributed by atoms with Crippen molar-refractivity contribution in [3.8, 4) is 5.88 Å². The number of hydrogen-bond acceptors (Lipinski definition) is 6. The molecule has 1 aliphatic heterocycles. The Balaban J connectivity index is 1.27. The van der Waals surface area contributed by atoms with Crippen molar-refractivity contribution in [2.75, 3.05) is 5.43 Å². The molecule has 1 fully saturated rings. The molecule has 0 saturated heterocycles. The quantitative estimate of drug-likeness (QED) is 0.373. The summed E-state index contributed by atoms with van der Waals surface area (Å²) in [5.41, 5.74) is 9.24. The summed E-state index contributed by atoms with van der Waals surface area (Å²) in [6.45, 7) is 3.91. The molecule has 5 rings (SSSR count). The van der Waals surface area contributed by atoms with Gasteiger partial charge >= 0.3 is 0 Å². The Hall–Kier alpha value is -3.49. The number of aromatic nitrogens is 1. The van der Waals surface area contributed by atoms with Gasteiger partial charge in [-0.25, -0.2) is 14.8 Å². The number of anilines is 1. The summed E-state index contributed by atoms with van der Waals surface area (Å²) in [7, 11) is 0. The van der Waals surface area contributed by atoms with Crippen LogP contribution in [0.5, 0.6) is 5.88 Å². The van der Waals surface area contributed by atoms with Gasteiger partial charge in [0.1, 0.15) is 5.82 Å². The highest BCUT2D eigenvalue weighted by atomic mass is 19.1. The zero-order chi connectivity index (χ0) is 26.0. The van der Waals surface area contributed by atoms with E-state index in [1.165, 1.54) is 6.07 Å². The minimum absolute atomic E-state index is 0.0473. The Morgan fingerprint density at radius 1 is 1.24 bits per heavy atom. The number of pyridine rings is 1. The normalized spacial score (nSPS) is 22.8. The zero-order valence-electron chi connectivity index (χ0n) is 21.1. The molecule has 194 valence electrons. The number of fused-ring (bicyclic) bond motifs is 1. The number of nitrogens with one attached hydrogen (secondary N) is 3. The molecule has 3 atom stereocenters. The van der Waals surface area contributed by atoms with Crippen LogP contribution in [0.25, 0.3) is 0 Å². The van der Waals surface area contributed by atoms with E-state index in [1.807, 2.05) is 38.1 Å². The van der Waals surface area contributed by atoms with Crippen LogP contribution in [0.3, 0.4) is 0 Å². The van der Waals surface area contributed by atoms with Gasteiger partial charge in [0.25, 0.3) is 5.91 Å². The highest BCUT2D eigenvalue weighted by Crippen LogP contribution is 2.35. The average Bonchev–Trinajstić information content (AvgIpc) is 3.29. The Morgan fingerprint density at radius 2 is 2.08 bits per heavy atom. The maximum Gasteiger partial charge on any atom is 0.251 e. The summed E-state index contributed by atoms with van der Waals surface area (Å²) in [6.07, 6.45) is 4.57. The van der Waals surface area contributed by atoms with E-state index in [9.17, 15) is 14.3 Å². The minimum Gasteiger partial charge on any atom is -0.475 e. The summed E-state index contributed by atoms with van der Waals surface area (Å²) < 4.78 is 19.8. The maximum absolute atomic E-state index is 14.2. The Kier molecular flexibility index (Phi) is 7.13. The number of benzene rings is 2. The summed E-state index contributed by atoms with van der Waals surface area (Å²) in [5, 5.41) is 14.3. The van der Waals surface area contributed by atoms with E-state index in [4.69, 9.17) is 4.74 Å². The van der Waals surface area contributed by atoms with Crippen molar-refractivity contribution in [2.24, 2.45) is 0 Å². The molecule has 1 aromatic heterocycles. The van der Waals surface area contributed by atoms with E-state index < -0.39 is 5.60 Å². The first-order valence-corrected chi connectivity index (χ1v) is 12.8. The van der Waals surface area contributed by atoms with Crippen molar-refractivity contribution in [1.82, 2.24) is 15.7 Å². The number of halogens is 1. The lowest BCUT2D eigenvalue weighted by atomic mass is 9.78. The summed E-state index contributed by atoms with van der Waals surface area (Å²) in [5.74, 6) is 0.0715. The first-order chi connectivity index (χ1) is 17.8. The molecule has 1 aliphatic carbocycles. The lowest BCUT2D eigenvalue weighted by Crippen LogP contribution is -2.47. The lowest BCUT2D eigenvalue weighted by Gasteiger charge is -2.37. The van der Waals surface area contributed by atoms with E-state index in [2.05, 4.69) is 21.2 Å². The Morgan fingerprint density at radius 3 is 2.84 bits per heavy atom. The fraction of sp³-hybridized carbons (Fsp3) is 0.379. The van der Waals surface area contributed by atoms with Crippen LogP contribution in [0.4, 0.5) is 10.1 Å². The fourth-order valence-electron chi connectivity index (χ4n) is 5.31. The smallest absolute Gasteiger partial charge is 0.251 e. The number of rotatable bonds is 7. The number of hydrogen-bond donors (Lipinski definition) is 4. The average molecular weight is 505 g/mol. The lowest BCUT2D eigenvalue weighted by molar-refractivity contribution is -0.00685. The SMILES string of the molecule is CC(C)Oc1ccc(C2NNc3ccc(C(=O)N[C@@H]4CCC[C@](O)(Cc5ccccc5F)C4)cc32)cn1. The number of carbonyl (C=O) groups excluding carboxylic acids is 1. The number of ether oxygens (including phenoxy) is 1. The third-order valence-corrected chi connectivity index (χ3v) is 7.06. The summed E-state index contributed by atoms with van der Waals surface area (Å²) >= 11 is 0. The molecular weight excluding hydrogens is 471 g/mol. The maximum atomic E-state index is 14.2. The Labute approximate surface area is 216 Å². The van der Waals surface area contributed by atoms with E-state index in [-0.39, 0.29) is 36.3 Å². The van der Waals surface area contributed by atoms with Crippen LogP contribution in [0.2, 0.25) is 0 Å². The number of carbonyl (C=O) groups is 1. The van der Waals surface area contributed by atoms with Gasteiger partial charge in [0, 0.05) is 35.9 Å². The molecule has 0 radical (unpaired) electrons. The standard InChI is InChI=1S/C29H33FN4O3/c1-18(2)37-26-12-10-21(17-31-26)27-23-14-19(9-11-25(23)33-34-27)28(35)32-22-7-5-13-29(36,16-22)15-20-6-3-4-8-24(20)30/h3-4,6,8-12,14,17-18,22,27,33-34,36H,5,7,13,15-16H2,1-2H3,(H,32,35)/t22-,27?,29+/m1/s1. The molecule has 4 N–H and O–H groups in total. The van der Waals surface area contributed by atoms with Crippen molar-refractivity contribution in [3.05, 3.63) is 88.9 Å². The van der Waals surface area contributed by atoms with Crippen LogP contribution in [0.1, 0.15) is 72.6 Å². The summed E-state index contributed by atoms with van der Waals surface area (Å²) in [4.78, 5) is 17.6.